The molecule has 0 aliphatic heterocycles. The van der Waals surface area contributed by atoms with Crippen molar-refractivity contribution >= 4 is 5.97 Å². The van der Waals surface area contributed by atoms with E-state index in [1.165, 1.54) is 6.08 Å². The van der Waals surface area contributed by atoms with Crippen LogP contribution in [0, 0.1) is 5.92 Å². The standard InChI is InChI=1S/C10H19NO2/c1-7(2)8(11)6-9(12)13-10(3,4)5/h6-7H,11H2,1-5H3. The smallest absolute Gasteiger partial charge is 0.333 e. The Hall–Kier alpha value is -0.990. The quantitative estimate of drug-likeness (QED) is 0.527. The Balaban J connectivity index is 4.24. The first-order chi connectivity index (χ1) is 5.72. The van der Waals surface area contributed by atoms with Gasteiger partial charge in [0.1, 0.15) is 5.60 Å². The summed E-state index contributed by atoms with van der Waals surface area (Å²) in [5, 5.41) is 0. The molecule has 0 saturated carbocycles. The zero-order chi connectivity index (χ0) is 10.6. The summed E-state index contributed by atoms with van der Waals surface area (Å²) in [6, 6.07) is 0. The minimum absolute atomic E-state index is 0.174. The number of allylic oxidation sites excluding steroid dienone is 1. The lowest BCUT2D eigenvalue weighted by Gasteiger charge is -2.18. The summed E-state index contributed by atoms with van der Waals surface area (Å²) in [6.07, 6.45) is 1.34. The highest BCUT2D eigenvalue weighted by atomic mass is 16.6. The van der Waals surface area contributed by atoms with Gasteiger partial charge in [-0.25, -0.2) is 4.79 Å². The molecule has 2 N–H and O–H groups in total. The number of hydrogen-bond acceptors (Lipinski definition) is 3. The van der Waals surface area contributed by atoms with Gasteiger partial charge in [0.15, 0.2) is 0 Å². The van der Waals surface area contributed by atoms with Crippen LogP contribution in [0.15, 0.2) is 11.8 Å². The van der Waals surface area contributed by atoms with Crippen LogP contribution >= 0.6 is 0 Å². The molecule has 13 heavy (non-hydrogen) atoms. The van der Waals surface area contributed by atoms with E-state index in [0.717, 1.165) is 0 Å². The monoisotopic (exact) mass is 185 g/mol. The fourth-order valence-electron chi connectivity index (χ4n) is 0.634. The summed E-state index contributed by atoms with van der Waals surface area (Å²) in [7, 11) is 0. The van der Waals surface area contributed by atoms with Gasteiger partial charge >= 0.3 is 5.97 Å². The molecule has 0 atom stereocenters. The topological polar surface area (TPSA) is 52.3 Å². The second-order valence-corrected chi connectivity index (χ2v) is 4.33. The third kappa shape index (κ3) is 6.20. The lowest BCUT2D eigenvalue weighted by Crippen LogP contribution is -2.23. The molecule has 0 aromatic heterocycles. The fourth-order valence-corrected chi connectivity index (χ4v) is 0.634. The summed E-state index contributed by atoms with van der Waals surface area (Å²) in [4.78, 5) is 11.2. The van der Waals surface area contributed by atoms with Gasteiger partial charge in [-0.1, -0.05) is 13.8 Å². The first-order valence-corrected chi connectivity index (χ1v) is 4.42. The van der Waals surface area contributed by atoms with Gasteiger partial charge in [0, 0.05) is 11.8 Å². The van der Waals surface area contributed by atoms with E-state index in [-0.39, 0.29) is 11.9 Å². The molecule has 3 heteroatoms. The van der Waals surface area contributed by atoms with Crippen molar-refractivity contribution in [2.24, 2.45) is 11.7 Å². The summed E-state index contributed by atoms with van der Waals surface area (Å²) < 4.78 is 5.06. The van der Waals surface area contributed by atoms with E-state index >= 15 is 0 Å². The molecule has 0 unspecified atom stereocenters. The molecule has 0 fully saturated rings. The average molecular weight is 185 g/mol. The molecule has 0 saturated heterocycles. The molecular formula is C10H19NO2. The van der Waals surface area contributed by atoms with E-state index in [4.69, 9.17) is 10.5 Å². The third-order valence-corrected chi connectivity index (χ3v) is 1.36. The Kier molecular flexibility index (Phi) is 3.98. The van der Waals surface area contributed by atoms with Crippen molar-refractivity contribution in [1.29, 1.82) is 0 Å². The van der Waals surface area contributed by atoms with Crippen LogP contribution in [-0.4, -0.2) is 11.6 Å². The van der Waals surface area contributed by atoms with Gasteiger partial charge in [0.05, 0.1) is 0 Å². The van der Waals surface area contributed by atoms with Gasteiger partial charge < -0.3 is 10.5 Å². The highest BCUT2D eigenvalue weighted by molar-refractivity contribution is 5.83. The van der Waals surface area contributed by atoms with Crippen molar-refractivity contribution in [2.75, 3.05) is 0 Å². The second kappa shape index (κ2) is 4.30. The predicted molar refractivity (Wildman–Crippen MR) is 53.0 cm³/mol. The van der Waals surface area contributed by atoms with Gasteiger partial charge in [-0.2, -0.15) is 0 Å². The minimum Gasteiger partial charge on any atom is -0.457 e. The van der Waals surface area contributed by atoms with Crippen molar-refractivity contribution in [3.63, 3.8) is 0 Å². The van der Waals surface area contributed by atoms with Crippen LogP contribution in [0.25, 0.3) is 0 Å². The summed E-state index contributed by atoms with van der Waals surface area (Å²) in [6.45, 7) is 9.32. The molecular weight excluding hydrogens is 166 g/mol. The maximum Gasteiger partial charge on any atom is 0.333 e. The highest BCUT2D eigenvalue weighted by Gasteiger charge is 2.14. The summed E-state index contributed by atoms with van der Waals surface area (Å²) >= 11 is 0. The lowest BCUT2D eigenvalue weighted by atomic mass is 10.1. The van der Waals surface area contributed by atoms with Crippen LogP contribution in [-0.2, 0) is 9.53 Å². The Morgan fingerprint density at radius 1 is 1.38 bits per heavy atom. The van der Waals surface area contributed by atoms with Crippen LogP contribution in [0.3, 0.4) is 0 Å². The highest BCUT2D eigenvalue weighted by Crippen LogP contribution is 2.09. The molecule has 0 bridgehead atoms. The van der Waals surface area contributed by atoms with E-state index in [1.54, 1.807) is 0 Å². The van der Waals surface area contributed by atoms with Crippen LogP contribution in [0.4, 0.5) is 0 Å². The van der Waals surface area contributed by atoms with Crippen LogP contribution < -0.4 is 5.73 Å². The molecule has 0 aromatic carbocycles. The fraction of sp³-hybridized carbons (Fsp3) is 0.700. The average Bonchev–Trinajstić information content (AvgIpc) is 1.81. The van der Waals surface area contributed by atoms with E-state index in [1.807, 2.05) is 34.6 Å². The van der Waals surface area contributed by atoms with Gasteiger partial charge in [0.2, 0.25) is 0 Å². The Morgan fingerprint density at radius 3 is 2.15 bits per heavy atom. The largest absolute Gasteiger partial charge is 0.457 e. The number of esters is 1. The number of carbonyl (C=O) groups excluding carboxylic acids is 1. The number of hydrogen-bond donors (Lipinski definition) is 1. The molecule has 3 nitrogen and oxygen atoms in total. The molecule has 0 aliphatic rings. The SMILES string of the molecule is CC(C)C(N)=CC(=O)OC(C)(C)C. The molecule has 0 rings (SSSR count). The van der Waals surface area contributed by atoms with E-state index in [9.17, 15) is 4.79 Å². The van der Waals surface area contributed by atoms with Crippen LogP contribution in [0.5, 0.6) is 0 Å². The van der Waals surface area contributed by atoms with E-state index in [0.29, 0.717) is 5.70 Å². The van der Waals surface area contributed by atoms with E-state index in [2.05, 4.69) is 0 Å². The van der Waals surface area contributed by atoms with E-state index < -0.39 is 5.60 Å². The van der Waals surface area contributed by atoms with Crippen molar-refractivity contribution in [2.45, 2.75) is 40.2 Å². The summed E-state index contributed by atoms with van der Waals surface area (Å²) in [5.41, 5.74) is 5.69. The molecule has 0 radical (unpaired) electrons. The Bertz CT molecular complexity index is 211. The van der Waals surface area contributed by atoms with Crippen molar-refractivity contribution in [3.05, 3.63) is 11.8 Å². The number of rotatable bonds is 2. The normalized spacial score (nSPS) is 13.2. The number of ether oxygens (including phenoxy) is 1. The summed E-state index contributed by atoms with van der Waals surface area (Å²) in [5.74, 6) is -0.203. The van der Waals surface area contributed by atoms with Crippen molar-refractivity contribution < 1.29 is 9.53 Å². The Labute approximate surface area is 79.9 Å². The van der Waals surface area contributed by atoms with Gasteiger partial charge in [0.25, 0.3) is 0 Å². The third-order valence-electron chi connectivity index (χ3n) is 1.36. The zero-order valence-corrected chi connectivity index (χ0v) is 9.05. The number of nitrogens with two attached hydrogens (primary N) is 1. The molecule has 0 aliphatic carbocycles. The van der Waals surface area contributed by atoms with Gasteiger partial charge in [-0.05, 0) is 26.7 Å². The maximum atomic E-state index is 11.2. The maximum absolute atomic E-state index is 11.2. The first kappa shape index (κ1) is 12.0. The molecule has 0 heterocycles. The van der Waals surface area contributed by atoms with Crippen molar-refractivity contribution in [3.8, 4) is 0 Å². The zero-order valence-electron chi connectivity index (χ0n) is 9.05. The van der Waals surface area contributed by atoms with Gasteiger partial charge in [-0.15, -0.1) is 0 Å². The van der Waals surface area contributed by atoms with Crippen LogP contribution in [0.2, 0.25) is 0 Å². The molecule has 0 amide bonds. The lowest BCUT2D eigenvalue weighted by molar-refractivity contribution is -0.148. The predicted octanol–water partition coefficient (Wildman–Crippen LogP) is 1.83. The molecule has 0 aromatic rings. The van der Waals surface area contributed by atoms with Crippen LogP contribution in [0.1, 0.15) is 34.6 Å². The van der Waals surface area contributed by atoms with Gasteiger partial charge in [-0.3, -0.25) is 0 Å². The second-order valence-electron chi connectivity index (χ2n) is 4.33. The number of carbonyl (C=O) groups is 1. The molecule has 0 spiro atoms. The van der Waals surface area contributed by atoms with Crippen molar-refractivity contribution in [1.82, 2.24) is 0 Å². The Morgan fingerprint density at radius 2 is 1.85 bits per heavy atom. The first-order valence-electron chi connectivity index (χ1n) is 4.42. The molecule has 76 valence electrons. The minimum atomic E-state index is -0.454.